The Morgan fingerprint density at radius 3 is 2.38 bits per heavy atom. The first-order valence-electron chi connectivity index (χ1n) is 14.2. The number of ether oxygens (including phenoxy) is 1. The molecule has 0 saturated carbocycles. The number of nitrogens with one attached hydrogen (secondary N) is 1. The number of aromatic nitrogens is 1. The lowest BCUT2D eigenvalue weighted by molar-refractivity contribution is -0.161. The summed E-state index contributed by atoms with van der Waals surface area (Å²) in [4.78, 5) is 38.0. The normalized spacial score (nSPS) is 21.9. The summed E-state index contributed by atoms with van der Waals surface area (Å²) < 4.78 is 5.39. The van der Waals surface area contributed by atoms with Crippen molar-refractivity contribution in [2.75, 3.05) is 26.7 Å². The Bertz CT molecular complexity index is 1540. The molecule has 3 aliphatic rings. The zero-order valence-electron chi connectivity index (χ0n) is 22.8. The SMILES string of the molecule is COc1ccc([C@@H]2c3[nH]c4ccccc4c3C[C@H]3C(=O)N(C4CCN(Cc5ccccc5)CC4)CC(=O)N23)cc1. The van der Waals surface area contributed by atoms with Crippen LogP contribution in [0.5, 0.6) is 5.75 Å². The second-order valence-corrected chi connectivity index (χ2v) is 11.2. The number of aromatic amines is 1. The second kappa shape index (κ2) is 10.1. The van der Waals surface area contributed by atoms with E-state index in [1.807, 2.05) is 52.3 Å². The maximum atomic E-state index is 14.2. The maximum Gasteiger partial charge on any atom is 0.246 e. The first kappa shape index (κ1) is 24.9. The third-order valence-electron chi connectivity index (χ3n) is 8.97. The van der Waals surface area contributed by atoms with Gasteiger partial charge in [-0.15, -0.1) is 0 Å². The molecule has 0 radical (unpaired) electrons. The summed E-state index contributed by atoms with van der Waals surface area (Å²) in [5.41, 5.74) is 5.46. The molecule has 0 aliphatic carbocycles. The molecule has 7 heteroatoms. The van der Waals surface area contributed by atoms with Crippen LogP contribution in [0, 0.1) is 0 Å². The van der Waals surface area contributed by atoms with Crippen LogP contribution in [-0.2, 0) is 22.6 Å². The van der Waals surface area contributed by atoms with Gasteiger partial charge in [-0.2, -0.15) is 0 Å². The maximum absolute atomic E-state index is 14.2. The standard InChI is InChI=1S/C33H34N4O3/c1-40-25-13-11-23(12-14-25)32-31-27(26-9-5-6-10-28(26)34-31)19-29-33(39)36(21-30(38)37(29)32)24-15-17-35(18-16-24)20-22-7-3-2-4-8-22/h2-14,24,29,32,34H,15-21H2,1H3/t29-,32+/m0/s1. The van der Waals surface area contributed by atoms with E-state index in [0.29, 0.717) is 6.42 Å². The predicted molar refractivity (Wildman–Crippen MR) is 154 cm³/mol. The summed E-state index contributed by atoms with van der Waals surface area (Å²) in [7, 11) is 1.65. The number of likely N-dealkylation sites (tertiary alicyclic amines) is 1. The summed E-state index contributed by atoms with van der Waals surface area (Å²) in [6.07, 6.45) is 2.30. The molecule has 3 aliphatic heterocycles. The molecule has 0 bridgehead atoms. The van der Waals surface area contributed by atoms with Crippen molar-refractivity contribution in [3.63, 3.8) is 0 Å². The van der Waals surface area contributed by atoms with Crippen LogP contribution in [0.1, 0.15) is 41.3 Å². The third-order valence-corrected chi connectivity index (χ3v) is 8.97. The van der Waals surface area contributed by atoms with Gasteiger partial charge in [-0.25, -0.2) is 0 Å². The first-order valence-corrected chi connectivity index (χ1v) is 14.2. The van der Waals surface area contributed by atoms with Crippen LogP contribution in [-0.4, -0.2) is 70.3 Å². The molecule has 0 unspecified atom stereocenters. The molecule has 204 valence electrons. The summed E-state index contributed by atoms with van der Waals surface area (Å²) in [6, 6.07) is 25.8. The molecule has 1 aromatic heterocycles. The molecule has 0 spiro atoms. The van der Waals surface area contributed by atoms with Gasteiger partial charge in [0.05, 0.1) is 13.2 Å². The molecule has 2 amide bonds. The number of carbonyl (C=O) groups excluding carboxylic acids is 2. The number of fused-ring (bicyclic) bond motifs is 4. The number of nitrogens with zero attached hydrogens (tertiary/aromatic N) is 3. The average molecular weight is 535 g/mol. The number of hydrogen-bond acceptors (Lipinski definition) is 4. The first-order chi connectivity index (χ1) is 19.6. The van der Waals surface area contributed by atoms with Gasteiger partial charge in [-0.3, -0.25) is 14.5 Å². The van der Waals surface area contributed by atoms with Crippen molar-refractivity contribution in [3.8, 4) is 5.75 Å². The molecule has 4 aromatic rings. The van der Waals surface area contributed by atoms with Crippen molar-refractivity contribution in [3.05, 3.63) is 101 Å². The van der Waals surface area contributed by atoms with E-state index in [0.717, 1.165) is 65.9 Å². The molecule has 7 nitrogen and oxygen atoms in total. The largest absolute Gasteiger partial charge is 0.497 e. The average Bonchev–Trinajstić information content (AvgIpc) is 3.37. The van der Waals surface area contributed by atoms with Crippen LogP contribution in [0.25, 0.3) is 10.9 Å². The van der Waals surface area contributed by atoms with Gasteiger partial charge >= 0.3 is 0 Å². The highest BCUT2D eigenvalue weighted by Crippen LogP contribution is 2.43. The minimum atomic E-state index is -0.512. The van der Waals surface area contributed by atoms with Gasteiger partial charge in [0.2, 0.25) is 11.8 Å². The number of carbonyl (C=O) groups is 2. The lowest BCUT2D eigenvalue weighted by atomic mass is 9.85. The van der Waals surface area contributed by atoms with E-state index >= 15 is 0 Å². The summed E-state index contributed by atoms with van der Waals surface area (Å²) in [6.45, 7) is 2.91. The third kappa shape index (κ3) is 4.25. The number of piperidine rings is 1. The summed E-state index contributed by atoms with van der Waals surface area (Å²) in [5, 5.41) is 1.13. The van der Waals surface area contributed by atoms with Crippen LogP contribution >= 0.6 is 0 Å². The van der Waals surface area contributed by atoms with Gasteiger partial charge in [-0.1, -0.05) is 60.7 Å². The van der Waals surface area contributed by atoms with Crippen LogP contribution in [0.3, 0.4) is 0 Å². The number of hydrogen-bond donors (Lipinski definition) is 1. The Balaban J connectivity index is 1.18. The van der Waals surface area contributed by atoms with Gasteiger partial charge in [0.15, 0.2) is 0 Å². The smallest absolute Gasteiger partial charge is 0.246 e. The van der Waals surface area contributed by atoms with E-state index in [9.17, 15) is 9.59 Å². The fourth-order valence-corrected chi connectivity index (χ4v) is 6.96. The van der Waals surface area contributed by atoms with Gasteiger partial charge in [0, 0.05) is 48.7 Å². The molecule has 2 atom stereocenters. The lowest BCUT2D eigenvalue weighted by Gasteiger charge is -2.49. The van der Waals surface area contributed by atoms with E-state index in [1.165, 1.54) is 5.56 Å². The van der Waals surface area contributed by atoms with Crippen molar-refractivity contribution in [2.45, 2.75) is 43.9 Å². The number of benzene rings is 3. The molecular formula is C33H34N4O3. The number of amides is 2. The molecule has 40 heavy (non-hydrogen) atoms. The van der Waals surface area contributed by atoms with E-state index in [4.69, 9.17) is 4.74 Å². The Labute approximate surface area is 234 Å². The number of piperazine rings is 1. The quantitative estimate of drug-likeness (QED) is 0.409. The Morgan fingerprint density at radius 2 is 1.62 bits per heavy atom. The number of rotatable bonds is 5. The molecule has 3 aromatic carbocycles. The topological polar surface area (TPSA) is 68.9 Å². The Hall–Kier alpha value is -4.10. The van der Waals surface area contributed by atoms with E-state index in [-0.39, 0.29) is 30.4 Å². The molecule has 2 fully saturated rings. The van der Waals surface area contributed by atoms with Crippen molar-refractivity contribution in [1.82, 2.24) is 19.7 Å². The summed E-state index contributed by atoms with van der Waals surface area (Å²) in [5.74, 6) is 0.857. The highest BCUT2D eigenvalue weighted by molar-refractivity contribution is 5.97. The van der Waals surface area contributed by atoms with Gasteiger partial charge < -0.3 is 19.5 Å². The van der Waals surface area contributed by atoms with Gasteiger partial charge in [0.25, 0.3) is 0 Å². The molecule has 2 saturated heterocycles. The molecule has 4 heterocycles. The second-order valence-electron chi connectivity index (χ2n) is 11.2. The number of H-pyrrole nitrogens is 1. The van der Waals surface area contributed by atoms with Gasteiger partial charge in [-0.05, 0) is 47.7 Å². The fourth-order valence-electron chi connectivity index (χ4n) is 6.96. The van der Waals surface area contributed by atoms with Gasteiger partial charge in [0.1, 0.15) is 18.3 Å². The summed E-state index contributed by atoms with van der Waals surface area (Å²) >= 11 is 0. The fraction of sp³-hybridized carbons (Fsp3) is 0.333. The molecular weight excluding hydrogens is 500 g/mol. The zero-order chi connectivity index (χ0) is 27.2. The van der Waals surface area contributed by atoms with Crippen LogP contribution in [0.15, 0.2) is 78.9 Å². The van der Waals surface area contributed by atoms with Crippen LogP contribution < -0.4 is 4.74 Å². The highest BCUT2D eigenvalue weighted by Gasteiger charge is 2.49. The minimum absolute atomic E-state index is 0.0152. The lowest BCUT2D eigenvalue weighted by Crippen LogP contribution is -2.65. The number of para-hydroxylation sites is 1. The van der Waals surface area contributed by atoms with Crippen molar-refractivity contribution in [2.24, 2.45) is 0 Å². The van der Waals surface area contributed by atoms with E-state index in [2.05, 4.69) is 46.3 Å². The molecule has 1 N–H and O–H groups in total. The highest BCUT2D eigenvalue weighted by atomic mass is 16.5. The van der Waals surface area contributed by atoms with E-state index < -0.39 is 6.04 Å². The van der Waals surface area contributed by atoms with Crippen LogP contribution in [0.2, 0.25) is 0 Å². The predicted octanol–water partition coefficient (Wildman–Crippen LogP) is 4.53. The minimum Gasteiger partial charge on any atom is -0.497 e. The zero-order valence-corrected chi connectivity index (χ0v) is 22.8. The monoisotopic (exact) mass is 534 g/mol. The van der Waals surface area contributed by atoms with E-state index in [1.54, 1.807) is 7.11 Å². The van der Waals surface area contributed by atoms with Crippen LogP contribution in [0.4, 0.5) is 0 Å². The number of methoxy groups -OCH3 is 1. The van der Waals surface area contributed by atoms with Crippen molar-refractivity contribution < 1.29 is 14.3 Å². The van der Waals surface area contributed by atoms with Crippen molar-refractivity contribution >= 4 is 22.7 Å². The van der Waals surface area contributed by atoms with Crippen molar-refractivity contribution in [1.29, 1.82) is 0 Å². The Morgan fingerprint density at radius 1 is 0.900 bits per heavy atom. The molecule has 7 rings (SSSR count). The Kier molecular flexibility index (Phi) is 6.31.